The molecular formula is C9H15ClN2O. The molecule has 0 saturated heterocycles. The van der Waals surface area contributed by atoms with Crippen LogP contribution in [0.2, 0.25) is 0 Å². The van der Waals surface area contributed by atoms with Gasteiger partial charge in [0.1, 0.15) is 0 Å². The summed E-state index contributed by atoms with van der Waals surface area (Å²) in [5, 5.41) is 8.45. The molecule has 0 rings (SSSR count). The number of hydrogen-bond acceptors (Lipinski definition) is 2. The standard InChI is InChI=1S/C9H15ClN2O/c1-7(6-10)9(13)12(3)8(2)4-5-11/h7-8H,4,6H2,1-3H3. The Balaban J connectivity index is 4.18. The van der Waals surface area contributed by atoms with Crippen LogP contribution >= 0.6 is 11.6 Å². The summed E-state index contributed by atoms with van der Waals surface area (Å²) in [6, 6.07) is 1.99. The third-order valence-corrected chi connectivity index (χ3v) is 2.51. The first-order valence-corrected chi connectivity index (χ1v) is 4.77. The second-order valence-corrected chi connectivity index (χ2v) is 3.52. The Bertz CT molecular complexity index is 212. The fourth-order valence-corrected chi connectivity index (χ4v) is 1.03. The second-order valence-electron chi connectivity index (χ2n) is 3.22. The lowest BCUT2D eigenvalue weighted by Gasteiger charge is -2.25. The van der Waals surface area contributed by atoms with Crippen LogP contribution in [0.1, 0.15) is 20.3 Å². The molecule has 13 heavy (non-hydrogen) atoms. The highest BCUT2D eigenvalue weighted by molar-refractivity contribution is 6.19. The predicted octanol–water partition coefficient (Wildman–Crippen LogP) is 1.62. The number of carbonyl (C=O) groups is 1. The van der Waals surface area contributed by atoms with Crippen LogP contribution < -0.4 is 0 Å². The van der Waals surface area contributed by atoms with Crippen LogP contribution in [0, 0.1) is 17.2 Å². The summed E-state index contributed by atoms with van der Waals surface area (Å²) in [4.78, 5) is 13.1. The van der Waals surface area contributed by atoms with Gasteiger partial charge in [0.25, 0.3) is 0 Å². The highest BCUT2D eigenvalue weighted by Crippen LogP contribution is 2.08. The Hall–Kier alpha value is -0.750. The van der Waals surface area contributed by atoms with E-state index in [2.05, 4.69) is 0 Å². The normalized spacial score (nSPS) is 14.4. The topological polar surface area (TPSA) is 44.1 Å². The van der Waals surface area contributed by atoms with Crippen LogP contribution in [0.4, 0.5) is 0 Å². The van der Waals surface area contributed by atoms with Crippen LogP contribution in [0.5, 0.6) is 0 Å². The highest BCUT2D eigenvalue weighted by atomic mass is 35.5. The molecule has 0 aliphatic heterocycles. The summed E-state index contributed by atoms with van der Waals surface area (Å²) >= 11 is 5.56. The maximum Gasteiger partial charge on any atom is 0.226 e. The molecule has 0 aromatic heterocycles. The summed E-state index contributed by atoms with van der Waals surface area (Å²) in [6.07, 6.45) is 0.358. The van der Waals surface area contributed by atoms with Crippen molar-refractivity contribution in [3.63, 3.8) is 0 Å². The molecule has 0 aromatic rings. The lowest BCUT2D eigenvalue weighted by Crippen LogP contribution is -2.38. The summed E-state index contributed by atoms with van der Waals surface area (Å²) in [6.45, 7) is 3.63. The SMILES string of the molecule is CC(CCl)C(=O)N(C)C(C)CC#N. The van der Waals surface area contributed by atoms with Gasteiger partial charge in [0.15, 0.2) is 0 Å². The fourth-order valence-electron chi connectivity index (χ4n) is 0.900. The Kier molecular flexibility index (Phi) is 5.48. The molecule has 0 radical (unpaired) electrons. The van der Waals surface area contributed by atoms with Gasteiger partial charge in [0.2, 0.25) is 5.91 Å². The van der Waals surface area contributed by atoms with Crippen LogP contribution in [0.25, 0.3) is 0 Å². The van der Waals surface area contributed by atoms with Gasteiger partial charge in [-0.1, -0.05) is 6.92 Å². The van der Waals surface area contributed by atoms with Crippen molar-refractivity contribution in [1.29, 1.82) is 5.26 Å². The largest absolute Gasteiger partial charge is 0.342 e. The van der Waals surface area contributed by atoms with Crippen molar-refractivity contribution in [2.45, 2.75) is 26.3 Å². The molecule has 1 amide bonds. The molecular weight excluding hydrogens is 188 g/mol. The second kappa shape index (κ2) is 5.82. The smallest absolute Gasteiger partial charge is 0.226 e. The van der Waals surface area contributed by atoms with E-state index in [9.17, 15) is 4.79 Å². The number of rotatable bonds is 4. The van der Waals surface area contributed by atoms with Crippen LogP contribution in [0.3, 0.4) is 0 Å². The van der Waals surface area contributed by atoms with Gasteiger partial charge < -0.3 is 4.90 Å². The molecule has 2 atom stereocenters. The third kappa shape index (κ3) is 3.65. The van der Waals surface area contributed by atoms with Crippen molar-refractivity contribution in [3.8, 4) is 6.07 Å². The Morgan fingerprint density at radius 3 is 2.54 bits per heavy atom. The van der Waals surface area contributed by atoms with E-state index in [-0.39, 0.29) is 17.9 Å². The number of halogens is 1. The molecule has 0 heterocycles. The molecule has 4 heteroatoms. The molecule has 74 valence electrons. The minimum Gasteiger partial charge on any atom is -0.342 e. The molecule has 0 fully saturated rings. The number of amides is 1. The summed E-state index contributed by atoms with van der Waals surface area (Å²) in [7, 11) is 1.70. The van der Waals surface area contributed by atoms with Gasteiger partial charge >= 0.3 is 0 Å². The van der Waals surface area contributed by atoms with Gasteiger partial charge in [-0.3, -0.25) is 4.79 Å². The fraction of sp³-hybridized carbons (Fsp3) is 0.778. The minimum atomic E-state index is -0.173. The van der Waals surface area contributed by atoms with Crippen molar-refractivity contribution in [3.05, 3.63) is 0 Å². The average Bonchev–Trinajstić information content (AvgIpc) is 2.14. The van der Waals surface area contributed by atoms with E-state index in [1.807, 2.05) is 13.0 Å². The van der Waals surface area contributed by atoms with Crippen LogP contribution in [-0.4, -0.2) is 29.8 Å². The molecule has 0 N–H and O–H groups in total. The van der Waals surface area contributed by atoms with E-state index in [1.54, 1.807) is 18.9 Å². The lowest BCUT2D eigenvalue weighted by atomic mass is 10.1. The summed E-state index contributed by atoms with van der Waals surface area (Å²) in [5.41, 5.74) is 0. The third-order valence-electron chi connectivity index (χ3n) is 2.05. The van der Waals surface area contributed by atoms with Crippen LogP contribution in [0.15, 0.2) is 0 Å². The predicted molar refractivity (Wildman–Crippen MR) is 52.3 cm³/mol. The van der Waals surface area contributed by atoms with Gasteiger partial charge in [0.05, 0.1) is 12.5 Å². The summed E-state index contributed by atoms with van der Waals surface area (Å²) < 4.78 is 0. The van der Waals surface area contributed by atoms with Crippen molar-refractivity contribution in [2.24, 2.45) is 5.92 Å². The number of alkyl halides is 1. The Morgan fingerprint density at radius 2 is 2.15 bits per heavy atom. The van der Waals surface area contributed by atoms with Gasteiger partial charge in [-0.15, -0.1) is 11.6 Å². The molecule has 0 bridgehead atoms. The number of nitriles is 1. The first-order valence-electron chi connectivity index (χ1n) is 4.24. The van der Waals surface area contributed by atoms with Crippen LogP contribution in [-0.2, 0) is 4.79 Å². The maximum atomic E-state index is 11.5. The van der Waals surface area contributed by atoms with E-state index in [1.165, 1.54) is 0 Å². The van der Waals surface area contributed by atoms with Crippen molar-refractivity contribution in [2.75, 3.05) is 12.9 Å². The number of carbonyl (C=O) groups excluding carboxylic acids is 1. The van der Waals surface area contributed by atoms with E-state index in [4.69, 9.17) is 16.9 Å². The van der Waals surface area contributed by atoms with Crippen molar-refractivity contribution >= 4 is 17.5 Å². The molecule has 0 aromatic carbocycles. The molecule has 2 unspecified atom stereocenters. The zero-order valence-corrected chi connectivity index (χ0v) is 9.01. The first-order chi connectivity index (χ1) is 6.04. The van der Waals surface area contributed by atoms with Crippen molar-refractivity contribution < 1.29 is 4.79 Å². The Morgan fingerprint density at radius 1 is 1.62 bits per heavy atom. The molecule has 0 aliphatic rings. The first kappa shape index (κ1) is 12.2. The van der Waals surface area contributed by atoms with E-state index < -0.39 is 0 Å². The van der Waals surface area contributed by atoms with E-state index in [0.717, 1.165) is 0 Å². The van der Waals surface area contributed by atoms with E-state index >= 15 is 0 Å². The number of nitrogens with zero attached hydrogens (tertiary/aromatic N) is 2. The molecule has 0 saturated carbocycles. The maximum absolute atomic E-state index is 11.5. The van der Waals surface area contributed by atoms with Crippen molar-refractivity contribution in [1.82, 2.24) is 4.90 Å². The molecule has 0 spiro atoms. The van der Waals surface area contributed by atoms with Gasteiger partial charge in [-0.2, -0.15) is 5.26 Å². The zero-order chi connectivity index (χ0) is 10.4. The van der Waals surface area contributed by atoms with Gasteiger partial charge in [-0.25, -0.2) is 0 Å². The van der Waals surface area contributed by atoms with Gasteiger partial charge in [-0.05, 0) is 6.92 Å². The summed E-state index contributed by atoms with van der Waals surface area (Å²) in [5.74, 6) is 0.146. The number of hydrogen-bond donors (Lipinski definition) is 0. The zero-order valence-electron chi connectivity index (χ0n) is 8.25. The minimum absolute atomic E-state index is 0.00208. The molecule has 3 nitrogen and oxygen atoms in total. The lowest BCUT2D eigenvalue weighted by molar-refractivity contribution is -0.134. The monoisotopic (exact) mass is 202 g/mol. The molecule has 0 aliphatic carbocycles. The Labute approximate surface area is 84.3 Å². The average molecular weight is 203 g/mol. The van der Waals surface area contributed by atoms with E-state index in [0.29, 0.717) is 12.3 Å². The highest BCUT2D eigenvalue weighted by Gasteiger charge is 2.20. The van der Waals surface area contributed by atoms with Gasteiger partial charge in [0, 0.05) is 24.9 Å². The quantitative estimate of drug-likeness (QED) is 0.651.